The molecule has 0 aromatic carbocycles. The van der Waals surface area contributed by atoms with Crippen LogP contribution in [0.15, 0.2) is 23.4 Å². The van der Waals surface area contributed by atoms with Crippen LogP contribution in [0.1, 0.15) is 23.0 Å². The summed E-state index contributed by atoms with van der Waals surface area (Å²) in [5, 5.41) is 1.94. The fourth-order valence-electron chi connectivity index (χ4n) is 1.24. The molecule has 2 heterocycles. The van der Waals surface area contributed by atoms with E-state index in [2.05, 4.69) is 15.0 Å². The second kappa shape index (κ2) is 3.81. The number of hydrogen-bond donors (Lipinski definition) is 1. The summed E-state index contributed by atoms with van der Waals surface area (Å²) >= 11 is 1.54. The van der Waals surface area contributed by atoms with Crippen molar-refractivity contribution in [2.24, 2.45) is 5.73 Å². The molecule has 0 saturated carbocycles. The van der Waals surface area contributed by atoms with E-state index in [1.807, 2.05) is 12.3 Å². The number of thiazole rings is 1. The third-order valence-electron chi connectivity index (χ3n) is 2.05. The largest absolute Gasteiger partial charge is 0.319 e. The summed E-state index contributed by atoms with van der Waals surface area (Å²) in [4.78, 5) is 12.2. The van der Waals surface area contributed by atoms with Gasteiger partial charge in [0.2, 0.25) is 0 Å². The smallest absolute Gasteiger partial charge is 0.115 e. The molecular formula is C9H10N4S. The Kier molecular flexibility index (Phi) is 2.51. The Morgan fingerprint density at radius 3 is 2.93 bits per heavy atom. The fourth-order valence-corrected chi connectivity index (χ4v) is 1.83. The number of nitrogens with two attached hydrogens (primary N) is 1. The van der Waals surface area contributed by atoms with E-state index >= 15 is 0 Å². The summed E-state index contributed by atoms with van der Waals surface area (Å²) in [6.45, 7) is 1.92. The van der Waals surface area contributed by atoms with Crippen molar-refractivity contribution in [2.45, 2.75) is 13.0 Å². The number of hydrogen-bond acceptors (Lipinski definition) is 5. The van der Waals surface area contributed by atoms with Crippen LogP contribution in [0.5, 0.6) is 0 Å². The molecule has 72 valence electrons. The lowest BCUT2D eigenvalue weighted by molar-refractivity contribution is 0.808. The molecule has 0 amide bonds. The Morgan fingerprint density at radius 2 is 2.29 bits per heavy atom. The summed E-state index contributed by atoms with van der Waals surface area (Å²) in [5.41, 5.74) is 10.5. The van der Waals surface area contributed by atoms with Gasteiger partial charge in [0.05, 0.1) is 17.2 Å². The van der Waals surface area contributed by atoms with E-state index in [0.29, 0.717) is 0 Å². The molecule has 2 rings (SSSR count). The number of rotatable bonds is 2. The molecule has 0 spiro atoms. The zero-order valence-electron chi connectivity index (χ0n) is 7.71. The van der Waals surface area contributed by atoms with Crippen molar-refractivity contribution in [3.8, 4) is 0 Å². The second-order valence-electron chi connectivity index (χ2n) is 2.95. The van der Waals surface area contributed by atoms with Gasteiger partial charge < -0.3 is 5.73 Å². The topological polar surface area (TPSA) is 64.7 Å². The molecule has 2 aromatic heterocycles. The van der Waals surface area contributed by atoms with E-state index in [0.717, 1.165) is 17.0 Å². The number of aryl methyl sites for hydroxylation is 1. The molecule has 4 nitrogen and oxygen atoms in total. The van der Waals surface area contributed by atoms with Gasteiger partial charge in [-0.1, -0.05) is 0 Å². The standard InChI is InChI=1S/C9H10N4S/c1-6-7(2-11-4-12-6)9(10)8-3-14-5-13-8/h2-5,9H,10H2,1H3. The molecule has 0 bridgehead atoms. The predicted molar refractivity (Wildman–Crippen MR) is 54.9 cm³/mol. The Balaban J connectivity index is 2.37. The first-order valence-electron chi connectivity index (χ1n) is 4.19. The molecule has 14 heavy (non-hydrogen) atoms. The Labute approximate surface area is 85.9 Å². The van der Waals surface area contributed by atoms with E-state index in [4.69, 9.17) is 5.73 Å². The molecule has 0 aliphatic heterocycles. The first-order chi connectivity index (χ1) is 6.79. The number of nitrogens with zero attached hydrogens (tertiary/aromatic N) is 3. The maximum Gasteiger partial charge on any atom is 0.115 e. The van der Waals surface area contributed by atoms with Crippen LogP contribution < -0.4 is 5.73 Å². The molecule has 5 heteroatoms. The zero-order chi connectivity index (χ0) is 9.97. The Bertz CT molecular complexity index is 413. The minimum atomic E-state index is -0.220. The maximum atomic E-state index is 6.03. The third kappa shape index (κ3) is 1.64. The van der Waals surface area contributed by atoms with Crippen molar-refractivity contribution >= 4 is 11.3 Å². The molecule has 0 saturated heterocycles. The Morgan fingerprint density at radius 1 is 1.43 bits per heavy atom. The SMILES string of the molecule is Cc1ncncc1C(N)c1cscn1. The van der Waals surface area contributed by atoms with Gasteiger partial charge in [0, 0.05) is 22.8 Å². The van der Waals surface area contributed by atoms with Crippen molar-refractivity contribution < 1.29 is 0 Å². The average Bonchev–Trinajstić information content (AvgIpc) is 2.70. The normalized spacial score (nSPS) is 12.7. The molecule has 0 aliphatic carbocycles. The third-order valence-corrected chi connectivity index (χ3v) is 2.66. The van der Waals surface area contributed by atoms with E-state index in [1.165, 1.54) is 17.7 Å². The lowest BCUT2D eigenvalue weighted by Gasteiger charge is -2.10. The van der Waals surface area contributed by atoms with E-state index in [9.17, 15) is 0 Å². The maximum absolute atomic E-state index is 6.03. The van der Waals surface area contributed by atoms with Gasteiger partial charge in [-0.3, -0.25) is 0 Å². The predicted octanol–water partition coefficient (Wildman–Crippen LogP) is 1.29. The van der Waals surface area contributed by atoms with Crippen molar-refractivity contribution in [3.05, 3.63) is 40.4 Å². The first kappa shape index (κ1) is 9.23. The van der Waals surface area contributed by atoms with Crippen LogP contribution in [-0.2, 0) is 0 Å². The summed E-state index contributed by atoms with van der Waals surface area (Å²) in [7, 11) is 0. The van der Waals surface area contributed by atoms with Crippen LogP contribution in [-0.4, -0.2) is 15.0 Å². The van der Waals surface area contributed by atoms with Crippen LogP contribution in [0.4, 0.5) is 0 Å². The first-order valence-corrected chi connectivity index (χ1v) is 5.13. The molecule has 2 N–H and O–H groups in total. The van der Waals surface area contributed by atoms with Gasteiger partial charge in [-0.2, -0.15) is 0 Å². The van der Waals surface area contributed by atoms with Crippen LogP contribution in [0.2, 0.25) is 0 Å². The fraction of sp³-hybridized carbons (Fsp3) is 0.222. The summed E-state index contributed by atoms with van der Waals surface area (Å²) < 4.78 is 0. The van der Waals surface area contributed by atoms with Crippen LogP contribution >= 0.6 is 11.3 Å². The quantitative estimate of drug-likeness (QED) is 0.804. The molecule has 1 unspecified atom stereocenters. The second-order valence-corrected chi connectivity index (χ2v) is 3.67. The van der Waals surface area contributed by atoms with E-state index in [1.54, 1.807) is 11.7 Å². The molecule has 0 fully saturated rings. The van der Waals surface area contributed by atoms with Crippen molar-refractivity contribution in [1.82, 2.24) is 15.0 Å². The Hall–Kier alpha value is -1.33. The van der Waals surface area contributed by atoms with Gasteiger partial charge in [0.1, 0.15) is 6.33 Å². The van der Waals surface area contributed by atoms with Gasteiger partial charge >= 0.3 is 0 Å². The summed E-state index contributed by atoms with van der Waals surface area (Å²) in [5.74, 6) is 0. The minimum Gasteiger partial charge on any atom is -0.319 e. The number of aromatic nitrogens is 3. The highest BCUT2D eigenvalue weighted by Gasteiger charge is 2.13. The van der Waals surface area contributed by atoms with Gasteiger partial charge in [0.15, 0.2) is 0 Å². The van der Waals surface area contributed by atoms with Crippen molar-refractivity contribution in [1.29, 1.82) is 0 Å². The molecular weight excluding hydrogens is 196 g/mol. The molecule has 2 aromatic rings. The van der Waals surface area contributed by atoms with E-state index < -0.39 is 0 Å². The molecule has 1 atom stereocenters. The monoisotopic (exact) mass is 206 g/mol. The summed E-state index contributed by atoms with van der Waals surface area (Å²) in [6.07, 6.45) is 3.26. The lowest BCUT2D eigenvalue weighted by Crippen LogP contribution is -2.14. The van der Waals surface area contributed by atoms with Gasteiger partial charge in [0.25, 0.3) is 0 Å². The van der Waals surface area contributed by atoms with Crippen LogP contribution in [0.3, 0.4) is 0 Å². The average molecular weight is 206 g/mol. The van der Waals surface area contributed by atoms with Gasteiger partial charge in [-0.25, -0.2) is 15.0 Å². The van der Waals surface area contributed by atoms with Gasteiger partial charge in [-0.15, -0.1) is 11.3 Å². The highest BCUT2D eigenvalue weighted by molar-refractivity contribution is 7.07. The lowest BCUT2D eigenvalue weighted by atomic mass is 10.1. The zero-order valence-corrected chi connectivity index (χ0v) is 8.53. The molecule has 0 radical (unpaired) electrons. The highest BCUT2D eigenvalue weighted by Crippen LogP contribution is 2.19. The van der Waals surface area contributed by atoms with Crippen LogP contribution in [0, 0.1) is 6.92 Å². The minimum absolute atomic E-state index is 0.220. The molecule has 0 aliphatic rings. The van der Waals surface area contributed by atoms with E-state index in [-0.39, 0.29) is 6.04 Å². The van der Waals surface area contributed by atoms with Gasteiger partial charge in [-0.05, 0) is 6.92 Å². The van der Waals surface area contributed by atoms with Crippen molar-refractivity contribution in [3.63, 3.8) is 0 Å². The van der Waals surface area contributed by atoms with Crippen molar-refractivity contribution in [2.75, 3.05) is 0 Å². The van der Waals surface area contributed by atoms with Crippen LogP contribution in [0.25, 0.3) is 0 Å². The highest BCUT2D eigenvalue weighted by atomic mass is 32.1. The summed E-state index contributed by atoms with van der Waals surface area (Å²) in [6, 6.07) is -0.220.